The van der Waals surface area contributed by atoms with Gasteiger partial charge in [-0.1, -0.05) is 12.1 Å². The van der Waals surface area contributed by atoms with Gasteiger partial charge in [0.05, 0.1) is 23.3 Å². The largest absolute Gasteiger partial charge is 0.465 e. The van der Waals surface area contributed by atoms with Crippen LogP contribution in [-0.4, -0.2) is 49.1 Å². The third-order valence-electron chi connectivity index (χ3n) is 5.41. The van der Waals surface area contributed by atoms with E-state index in [9.17, 15) is 13.2 Å². The number of carbonyl (C=O) groups is 1. The van der Waals surface area contributed by atoms with Gasteiger partial charge in [-0.2, -0.15) is 4.31 Å². The Morgan fingerprint density at radius 2 is 1.72 bits per heavy atom. The fourth-order valence-electron chi connectivity index (χ4n) is 3.61. The van der Waals surface area contributed by atoms with Gasteiger partial charge in [0.15, 0.2) is 5.82 Å². The summed E-state index contributed by atoms with van der Waals surface area (Å²) in [5.74, 6) is 0.126. The lowest BCUT2D eigenvalue weighted by Crippen LogP contribution is -2.28. The highest BCUT2D eigenvalue weighted by Gasteiger charge is 2.28. The number of sulfonamides is 1. The van der Waals surface area contributed by atoms with Gasteiger partial charge in [0.2, 0.25) is 10.0 Å². The molecule has 1 N–H and O–H groups in total. The topological polar surface area (TPSA) is 101 Å². The number of nitrogens with zero attached hydrogens (tertiary/aromatic N) is 3. The van der Waals surface area contributed by atoms with E-state index in [0.29, 0.717) is 46.2 Å². The molecule has 0 amide bonds. The molecule has 2 aromatic carbocycles. The number of aromatic nitrogens is 2. The molecule has 4 rings (SSSR count). The fourth-order valence-corrected chi connectivity index (χ4v) is 5.38. The number of esters is 1. The zero-order valence-electron chi connectivity index (χ0n) is 17.9. The van der Waals surface area contributed by atoms with Crippen LogP contribution in [0.4, 0.5) is 11.5 Å². The molecular weight excluding hydrogens is 428 g/mol. The summed E-state index contributed by atoms with van der Waals surface area (Å²) in [5.41, 5.74) is 3.18. The summed E-state index contributed by atoms with van der Waals surface area (Å²) in [6, 6.07) is 15.7. The Bertz CT molecular complexity index is 1220. The number of rotatable bonds is 6. The van der Waals surface area contributed by atoms with Gasteiger partial charge in [-0.25, -0.2) is 13.2 Å². The minimum absolute atomic E-state index is 0.312. The predicted octanol–water partition coefficient (Wildman–Crippen LogP) is 3.77. The quantitative estimate of drug-likeness (QED) is 0.568. The summed E-state index contributed by atoms with van der Waals surface area (Å²) in [4.78, 5) is 11.8. The maximum atomic E-state index is 13.0. The van der Waals surface area contributed by atoms with Gasteiger partial charge in [0, 0.05) is 24.3 Å². The average Bonchev–Trinajstić information content (AvgIpc) is 3.36. The lowest BCUT2D eigenvalue weighted by molar-refractivity contribution is 0.0600. The van der Waals surface area contributed by atoms with Crippen molar-refractivity contribution in [2.24, 2.45) is 0 Å². The monoisotopic (exact) mass is 452 g/mol. The van der Waals surface area contributed by atoms with E-state index >= 15 is 0 Å². The molecule has 2 heterocycles. The molecule has 8 nitrogen and oxygen atoms in total. The minimum atomic E-state index is -3.52. The van der Waals surface area contributed by atoms with E-state index < -0.39 is 16.0 Å². The summed E-state index contributed by atoms with van der Waals surface area (Å²) in [6.45, 7) is 2.93. The first-order valence-electron chi connectivity index (χ1n) is 10.3. The Kier molecular flexibility index (Phi) is 6.20. The molecule has 0 radical (unpaired) electrons. The number of carbonyl (C=O) groups excluding carboxylic acids is 1. The van der Waals surface area contributed by atoms with Crippen LogP contribution in [-0.2, 0) is 14.8 Å². The lowest BCUT2D eigenvalue weighted by Gasteiger charge is -2.17. The Morgan fingerprint density at radius 1 is 1.00 bits per heavy atom. The Hall–Kier alpha value is -3.30. The molecular formula is C23H24N4O4S. The Labute approximate surface area is 187 Å². The van der Waals surface area contributed by atoms with Gasteiger partial charge in [0.25, 0.3) is 0 Å². The summed E-state index contributed by atoms with van der Waals surface area (Å²) < 4.78 is 32.3. The van der Waals surface area contributed by atoms with Gasteiger partial charge in [-0.15, -0.1) is 10.2 Å². The van der Waals surface area contributed by atoms with E-state index in [4.69, 9.17) is 4.74 Å². The number of nitrogens with one attached hydrogen (secondary N) is 1. The molecule has 0 saturated carbocycles. The van der Waals surface area contributed by atoms with Crippen LogP contribution in [0.1, 0.15) is 28.8 Å². The second-order valence-corrected chi connectivity index (χ2v) is 9.50. The molecule has 166 valence electrons. The number of anilines is 2. The Balaban J connectivity index is 1.53. The second kappa shape index (κ2) is 9.05. The van der Waals surface area contributed by atoms with Gasteiger partial charge >= 0.3 is 5.97 Å². The molecule has 1 aliphatic rings. The van der Waals surface area contributed by atoms with Crippen LogP contribution in [0.3, 0.4) is 0 Å². The molecule has 32 heavy (non-hydrogen) atoms. The molecule has 0 unspecified atom stereocenters. The second-order valence-electron chi connectivity index (χ2n) is 7.59. The number of hydrogen-bond acceptors (Lipinski definition) is 7. The van der Waals surface area contributed by atoms with Crippen molar-refractivity contribution in [2.75, 3.05) is 25.5 Å². The highest BCUT2D eigenvalue weighted by atomic mass is 32.2. The van der Waals surface area contributed by atoms with Gasteiger partial charge < -0.3 is 10.1 Å². The molecule has 1 saturated heterocycles. The summed E-state index contributed by atoms with van der Waals surface area (Å²) >= 11 is 0. The summed E-state index contributed by atoms with van der Waals surface area (Å²) in [7, 11) is -2.18. The number of hydrogen-bond donors (Lipinski definition) is 1. The van der Waals surface area contributed by atoms with E-state index in [0.717, 1.165) is 18.5 Å². The Morgan fingerprint density at radius 3 is 2.34 bits per heavy atom. The molecule has 0 bridgehead atoms. The van der Waals surface area contributed by atoms with Crippen LogP contribution < -0.4 is 5.32 Å². The highest BCUT2D eigenvalue weighted by Crippen LogP contribution is 2.28. The van der Waals surface area contributed by atoms with Crippen molar-refractivity contribution in [3.8, 4) is 11.3 Å². The smallest absolute Gasteiger partial charge is 0.337 e. The SMILES string of the molecule is COC(=O)c1ccc(Nc2ccc(-c3ccc(C)c(S(=O)(=O)N4CCCC4)c3)nn2)cc1. The minimum Gasteiger partial charge on any atom is -0.465 e. The van der Waals surface area contributed by atoms with Crippen LogP contribution in [0, 0.1) is 6.92 Å². The maximum Gasteiger partial charge on any atom is 0.337 e. The standard InChI is InChI=1S/C23H24N4O4S/c1-16-5-6-18(15-21(16)32(29,30)27-13-3-4-14-27)20-11-12-22(26-25-20)24-19-9-7-17(8-10-19)23(28)31-2/h5-12,15H,3-4,13-14H2,1-2H3,(H,24,26). The van der Waals surface area contributed by atoms with Crippen molar-refractivity contribution in [1.29, 1.82) is 0 Å². The molecule has 0 aliphatic carbocycles. The third kappa shape index (κ3) is 4.49. The first kappa shape index (κ1) is 21.9. The van der Waals surface area contributed by atoms with E-state index in [1.54, 1.807) is 59.8 Å². The zero-order chi connectivity index (χ0) is 22.7. The lowest BCUT2D eigenvalue weighted by atomic mass is 10.1. The van der Waals surface area contributed by atoms with Crippen molar-refractivity contribution >= 4 is 27.5 Å². The van der Waals surface area contributed by atoms with E-state index in [1.165, 1.54) is 7.11 Å². The van der Waals surface area contributed by atoms with E-state index in [2.05, 4.69) is 15.5 Å². The van der Waals surface area contributed by atoms with Gasteiger partial charge in [-0.3, -0.25) is 0 Å². The number of ether oxygens (including phenoxy) is 1. The van der Waals surface area contributed by atoms with E-state index in [-0.39, 0.29) is 0 Å². The molecule has 1 aromatic heterocycles. The fraction of sp³-hybridized carbons (Fsp3) is 0.261. The van der Waals surface area contributed by atoms with Gasteiger partial charge in [-0.05, 0) is 67.8 Å². The van der Waals surface area contributed by atoms with Crippen molar-refractivity contribution in [3.05, 3.63) is 65.7 Å². The molecule has 0 spiro atoms. The first-order chi connectivity index (χ1) is 15.4. The molecule has 1 fully saturated rings. The number of benzene rings is 2. The van der Waals surface area contributed by atoms with Crippen LogP contribution >= 0.6 is 0 Å². The van der Waals surface area contributed by atoms with Gasteiger partial charge in [0.1, 0.15) is 0 Å². The van der Waals surface area contributed by atoms with Crippen LogP contribution in [0.5, 0.6) is 0 Å². The van der Waals surface area contributed by atoms with Crippen molar-refractivity contribution in [3.63, 3.8) is 0 Å². The van der Waals surface area contributed by atoms with E-state index in [1.807, 2.05) is 6.07 Å². The van der Waals surface area contributed by atoms with Crippen LogP contribution in [0.25, 0.3) is 11.3 Å². The maximum absolute atomic E-state index is 13.0. The third-order valence-corrected chi connectivity index (χ3v) is 7.45. The molecule has 0 atom stereocenters. The van der Waals surface area contributed by atoms with Crippen molar-refractivity contribution in [2.45, 2.75) is 24.7 Å². The molecule has 1 aliphatic heterocycles. The number of aryl methyl sites for hydroxylation is 1. The molecule has 9 heteroatoms. The molecule has 3 aromatic rings. The predicted molar refractivity (Wildman–Crippen MR) is 121 cm³/mol. The highest BCUT2D eigenvalue weighted by molar-refractivity contribution is 7.89. The normalized spacial score (nSPS) is 14.3. The summed E-state index contributed by atoms with van der Waals surface area (Å²) in [5, 5.41) is 11.6. The first-order valence-corrected chi connectivity index (χ1v) is 11.7. The number of methoxy groups -OCH3 is 1. The van der Waals surface area contributed by atoms with Crippen LogP contribution in [0.15, 0.2) is 59.5 Å². The average molecular weight is 453 g/mol. The summed E-state index contributed by atoms with van der Waals surface area (Å²) in [6.07, 6.45) is 1.78. The van der Waals surface area contributed by atoms with Crippen molar-refractivity contribution in [1.82, 2.24) is 14.5 Å². The van der Waals surface area contributed by atoms with Crippen LogP contribution in [0.2, 0.25) is 0 Å². The zero-order valence-corrected chi connectivity index (χ0v) is 18.7. The van der Waals surface area contributed by atoms with Crippen molar-refractivity contribution < 1.29 is 17.9 Å².